The smallest absolute Gasteiger partial charge is 0.258 e. The Balaban J connectivity index is 0.00000342. The Bertz CT molecular complexity index is 1310. The summed E-state index contributed by atoms with van der Waals surface area (Å²) in [4.78, 5) is 15.7. The van der Waals surface area contributed by atoms with Crippen molar-refractivity contribution in [2.75, 3.05) is 6.54 Å². The largest absolute Gasteiger partial charge is 0.489 e. The van der Waals surface area contributed by atoms with Gasteiger partial charge in [-0.15, -0.1) is 12.4 Å². The number of halogens is 1. The molecule has 0 bridgehead atoms. The fraction of sp³-hybridized carbons (Fsp3) is 0.136. The second-order valence-electron chi connectivity index (χ2n) is 7.21. The van der Waals surface area contributed by atoms with E-state index in [1.807, 2.05) is 0 Å². The summed E-state index contributed by atoms with van der Waals surface area (Å²) < 4.78 is 39.7. The maximum absolute atomic E-state index is 13.3. The third kappa shape index (κ3) is 6.45. The summed E-state index contributed by atoms with van der Waals surface area (Å²) in [5.41, 5.74) is 3.70. The van der Waals surface area contributed by atoms with Crippen LogP contribution in [0.15, 0.2) is 89.1 Å². The number of benzene rings is 2. The molecule has 2 aromatic heterocycles. The van der Waals surface area contributed by atoms with Crippen LogP contribution in [0.25, 0.3) is 5.69 Å². The number of nitrogens with one attached hydrogen (secondary N) is 1. The third-order valence-electron chi connectivity index (χ3n) is 4.87. The monoisotopic (exact) mass is 519 g/mol. The molecule has 4 aromatic rings. The van der Waals surface area contributed by atoms with Gasteiger partial charge in [-0.05, 0) is 48.0 Å². The first-order valence-corrected chi connectivity index (χ1v) is 11.5. The van der Waals surface area contributed by atoms with Gasteiger partial charge in [-0.25, -0.2) is 23.6 Å². The number of sulfonamides is 1. The highest BCUT2D eigenvalue weighted by atomic mass is 35.5. The van der Waals surface area contributed by atoms with E-state index in [0.717, 1.165) is 15.6 Å². The van der Waals surface area contributed by atoms with E-state index in [2.05, 4.69) is 10.1 Å². The van der Waals surface area contributed by atoms with E-state index in [-0.39, 0.29) is 30.5 Å². The zero-order valence-corrected chi connectivity index (χ0v) is 19.9. The van der Waals surface area contributed by atoms with Crippen LogP contribution in [0.2, 0.25) is 0 Å². The molecule has 2 N–H and O–H groups in total. The molecule has 0 saturated carbocycles. The van der Waals surface area contributed by atoms with Gasteiger partial charge in [-0.2, -0.15) is 9.40 Å². The number of furan rings is 1. The number of carbonyl (C=O) groups excluding carboxylic acids is 1. The zero-order valence-electron chi connectivity index (χ0n) is 18.2. The highest BCUT2D eigenvalue weighted by molar-refractivity contribution is 7.89. The highest BCUT2D eigenvalue weighted by Gasteiger charge is 2.27. The van der Waals surface area contributed by atoms with Crippen LogP contribution in [0.3, 0.4) is 0 Å². The average molecular weight is 520 g/mol. The standard InChI is InChI=1S/C22H21N5O6S.ClH/c28-22(25-29)12-26(11-17-1-3-19(4-2-17)27-16-23-15-24-27)34(30,31)21-7-5-20(6-8-21)33-14-18-9-10-32-13-18;/h1-10,13,15-16,29H,11-12,14H2,(H,25,28);1H. The van der Waals surface area contributed by atoms with Crippen molar-refractivity contribution < 1.29 is 27.6 Å². The molecule has 0 aliphatic heterocycles. The summed E-state index contributed by atoms with van der Waals surface area (Å²) in [6.07, 6.45) is 6.04. The van der Waals surface area contributed by atoms with Crippen molar-refractivity contribution in [2.45, 2.75) is 18.0 Å². The van der Waals surface area contributed by atoms with Crippen LogP contribution in [0.5, 0.6) is 5.75 Å². The van der Waals surface area contributed by atoms with Gasteiger partial charge >= 0.3 is 0 Å². The highest BCUT2D eigenvalue weighted by Crippen LogP contribution is 2.22. The molecule has 13 heteroatoms. The number of carbonyl (C=O) groups is 1. The number of ether oxygens (including phenoxy) is 1. The minimum absolute atomic E-state index is 0. The number of hydrogen-bond acceptors (Lipinski definition) is 8. The number of hydrogen-bond donors (Lipinski definition) is 2. The zero-order chi connectivity index (χ0) is 24.0. The maximum Gasteiger partial charge on any atom is 0.258 e. The molecule has 2 heterocycles. The first kappa shape index (κ1) is 25.9. The van der Waals surface area contributed by atoms with Gasteiger partial charge in [-0.3, -0.25) is 10.0 Å². The number of amides is 1. The molecule has 0 fully saturated rings. The SMILES string of the molecule is Cl.O=C(CN(Cc1ccc(-n2cncn2)cc1)S(=O)(=O)c1ccc(OCc2ccoc2)cc1)NO. The lowest BCUT2D eigenvalue weighted by atomic mass is 10.2. The van der Waals surface area contributed by atoms with E-state index in [0.29, 0.717) is 11.3 Å². The summed E-state index contributed by atoms with van der Waals surface area (Å²) in [6.45, 7) is -0.384. The van der Waals surface area contributed by atoms with Crippen LogP contribution in [0.1, 0.15) is 11.1 Å². The molecule has 0 aliphatic rings. The summed E-state index contributed by atoms with van der Waals surface area (Å²) in [7, 11) is -4.07. The maximum atomic E-state index is 13.3. The van der Waals surface area contributed by atoms with E-state index in [1.54, 1.807) is 47.6 Å². The average Bonchev–Trinajstić information content (AvgIpc) is 3.57. The van der Waals surface area contributed by atoms with E-state index in [9.17, 15) is 13.2 Å². The number of aromatic nitrogens is 3. The fourth-order valence-corrected chi connectivity index (χ4v) is 4.50. The molecule has 184 valence electrons. The summed E-state index contributed by atoms with van der Waals surface area (Å²) >= 11 is 0. The van der Waals surface area contributed by atoms with Crippen molar-refractivity contribution in [1.82, 2.24) is 24.5 Å². The van der Waals surface area contributed by atoms with E-state index in [1.165, 1.54) is 42.3 Å². The molecule has 0 aliphatic carbocycles. The Morgan fingerprint density at radius 2 is 1.83 bits per heavy atom. The van der Waals surface area contributed by atoms with Crippen molar-refractivity contribution in [3.05, 3.63) is 90.9 Å². The lowest BCUT2D eigenvalue weighted by Gasteiger charge is -2.21. The lowest BCUT2D eigenvalue weighted by Crippen LogP contribution is -2.39. The van der Waals surface area contributed by atoms with Gasteiger partial charge in [0.2, 0.25) is 10.0 Å². The second kappa shape index (κ2) is 11.6. The van der Waals surface area contributed by atoms with Gasteiger partial charge in [0.25, 0.3) is 5.91 Å². The van der Waals surface area contributed by atoms with Crippen molar-refractivity contribution in [3.8, 4) is 11.4 Å². The molecule has 0 radical (unpaired) electrons. The van der Waals surface area contributed by atoms with E-state index >= 15 is 0 Å². The number of nitrogens with zero attached hydrogens (tertiary/aromatic N) is 4. The van der Waals surface area contributed by atoms with E-state index < -0.39 is 22.5 Å². The molecule has 4 rings (SSSR count). The van der Waals surface area contributed by atoms with Gasteiger partial charge in [-0.1, -0.05) is 12.1 Å². The molecule has 35 heavy (non-hydrogen) atoms. The molecule has 2 aromatic carbocycles. The number of hydroxylamine groups is 1. The number of rotatable bonds is 10. The van der Waals surface area contributed by atoms with Crippen molar-refractivity contribution >= 4 is 28.3 Å². The molecular weight excluding hydrogens is 498 g/mol. The molecular formula is C22H22ClN5O6S. The topological polar surface area (TPSA) is 140 Å². The third-order valence-corrected chi connectivity index (χ3v) is 6.68. The minimum atomic E-state index is -4.07. The van der Waals surface area contributed by atoms with Crippen LogP contribution in [0.4, 0.5) is 0 Å². The summed E-state index contributed by atoms with van der Waals surface area (Å²) in [6, 6.07) is 14.6. The summed E-state index contributed by atoms with van der Waals surface area (Å²) in [5, 5.41) is 13.0. The minimum Gasteiger partial charge on any atom is -0.489 e. The molecule has 0 saturated heterocycles. The Kier molecular flexibility index (Phi) is 8.60. The predicted octanol–water partition coefficient (Wildman–Crippen LogP) is 2.56. The van der Waals surface area contributed by atoms with Crippen LogP contribution < -0.4 is 10.2 Å². The van der Waals surface area contributed by atoms with Crippen LogP contribution in [-0.4, -0.2) is 45.1 Å². The van der Waals surface area contributed by atoms with Crippen LogP contribution in [-0.2, 0) is 28.0 Å². The van der Waals surface area contributed by atoms with Crippen LogP contribution >= 0.6 is 12.4 Å². The Morgan fingerprint density at radius 1 is 1.09 bits per heavy atom. The van der Waals surface area contributed by atoms with Gasteiger partial charge < -0.3 is 9.15 Å². The molecule has 0 spiro atoms. The Labute approximate surface area is 207 Å². The predicted molar refractivity (Wildman–Crippen MR) is 126 cm³/mol. The lowest BCUT2D eigenvalue weighted by molar-refractivity contribution is -0.129. The molecule has 0 atom stereocenters. The van der Waals surface area contributed by atoms with Crippen molar-refractivity contribution in [3.63, 3.8) is 0 Å². The van der Waals surface area contributed by atoms with Gasteiger partial charge in [0.1, 0.15) is 25.0 Å². The molecule has 0 unspecified atom stereocenters. The van der Waals surface area contributed by atoms with Crippen molar-refractivity contribution in [1.29, 1.82) is 0 Å². The molecule has 1 amide bonds. The Morgan fingerprint density at radius 3 is 2.43 bits per heavy atom. The van der Waals surface area contributed by atoms with Crippen LogP contribution in [0, 0.1) is 0 Å². The van der Waals surface area contributed by atoms with Gasteiger partial charge in [0, 0.05) is 12.1 Å². The normalized spacial score (nSPS) is 11.1. The quantitative estimate of drug-likeness (QED) is 0.241. The van der Waals surface area contributed by atoms with Gasteiger partial charge in [0.15, 0.2) is 0 Å². The summed E-state index contributed by atoms with van der Waals surface area (Å²) in [5.74, 6) is -0.383. The second-order valence-corrected chi connectivity index (χ2v) is 9.14. The first-order valence-electron chi connectivity index (χ1n) is 10.1. The first-order chi connectivity index (χ1) is 16.5. The van der Waals surface area contributed by atoms with E-state index in [4.69, 9.17) is 14.4 Å². The molecule has 11 nitrogen and oxygen atoms in total. The van der Waals surface area contributed by atoms with Gasteiger partial charge in [0.05, 0.1) is 29.7 Å². The fourth-order valence-electron chi connectivity index (χ4n) is 3.12. The van der Waals surface area contributed by atoms with Crippen molar-refractivity contribution in [2.24, 2.45) is 0 Å². The Hall–Kier alpha value is -3.71.